The van der Waals surface area contributed by atoms with Crippen LogP contribution in [0.15, 0.2) is 51.8 Å². The van der Waals surface area contributed by atoms with Gasteiger partial charge >= 0.3 is 0 Å². The summed E-state index contributed by atoms with van der Waals surface area (Å²) in [7, 11) is -2.06. The van der Waals surface area contributed by atoms with Gasteiger partial charge in [-0.25, -0.2) is 8.42 Å². The first kappa shape index (κ1) is 16.8. The van der Waals surface area contributed by atoms with E-state index in [-0.39, 0.29) is 11.4 Å². The third-order valence-corrected chi connectivity index (χ3v) is 6.47. The molecule has 0 amide bonds. The Bertz CT molecular complexity index is 765. The second-order valence-electron chi connectivity index (χ2n) is 4.44. The summed E-state index contributed by atoms with van der Waals surface area (Å²) in [6.07, 6.45) is 0. The van der Waals surface area contributed by atoms with E-state index in [2.05, 4.69) is 15.9 Å². The standard InChI is InChI=1S/C14H12BrCl2NO2S/c1-18(9-10-6-7-12(16)13(17)8-10)21(19,20)14-5-3-2-4-11(14)15/h2-8H,9H2,1H3. The average Bonchev–Trinajstić information content (AvgIpc) is 2.43. The summed E-state index contributed by atoms with van der Waals surface area (Å²) < 4.78 is 26.9. The highest BCUT2D eigenvalue weighted by Crippen LogP contribution is 2.27. The predicted molar refractivity (Wildman–Crippen MR) is 89.3 cm³/mol. The van der Waals surface area contributed by atoms with E-state index in [9.17, 15) is 8.42 Å². The summed E-state index contributed by atoms with van der Waals surface area (Å²) in [5, 5.41) is 0.845. The summed E-state index contributed by atoms with van der Waals surface area (Å²) in [6.45, 7) is 0.209. The first-order valence-corrected chi connectivity index (χ1v) is 8.96. The maximum Gasteiger partial charge on any atom is 0.244 e. The fourth-order valence-corrected chi connectivity index (χ4v) is 4.24. The largest absolute Gasteiger partial charge is 0.244 e. The molecule has 7 heteroatoms. The van der Waals surface area contributed by atoms with Gasteiger partial charge in [0.05, 0.1) is 14.9 Å². The van der Waals surface area contributed by atoms with E-state index >= 15 is 0 Å². The lowest BCUT2D eigenvalue weighted by Crippen LogP contribution is -2.26. The van der Waals surface area contributed by atoms with Gasteiger partial charge < -0.3 is 0 Å². The Kier molecular flexibility index (Phi) is 5.33. The lowest BCUT2D eigenvalue weighted by molar-refractivity contribution is 0.466. The molecule has 0 unspecified atom stereocenters. The third-order valence-electron chi connectivity index (χ3n) is 2.91. The van der Waals surface area contributed by atoms with Gasteiger partial charge in [-0.3, -0.25) is 0 Å². The van der Waals surface area contributed by atoms with Gasteiger partial charge in [0.15, 0.2) is 0 Å². The van der Waals surface area contributed by atoms with Crippen LogP contribution in [0.25, 0.3) is 0 Å². The van der Waals surface area contributed by atoms with Gasteiger partial charge in [0, 0.05) is 18.1 Å². The normalized spacial score (nSPS) is 11.9. The number of halogens is 3. The molecule has 0 heterocycles. The monoisotopic (exact) mass is 407 g/mol. The smallest absolute Gasteiger partial charge is 0.207 e. The van der Waals surface area contributed by atoms with Crippen LogP contribution in [-0.2, 0) is 16.6 Å². The van der Waals surface area contributed by atoms with Crippen LogP contribution in [-0.4, -0.2) is 19.8 Å². The van der Waals surface area contributed by atoms with Gasteiger partial charge in [0.25, 0.3) is 0 Å². The van der Waals surface area contributed by atoms with Gasteiger partial charge in [-0.05, 0) is 45.8 Å². The molecule has 112 valence electrons. The third kappa shape index (κ3) is 3.79. The molecule has 0 aromatic heterocycles. The summed E-state index contributed by atoms with van der Waals surface area (Å²) in [4.78, 5) is 0.229. The van der Waals surface area contributed by atoms with E-state index < -0.39 is 10.0 Å². The summed E-state index contributed by atoms with van der Waals surface area (Å²) in [6, 6.07) is 11.8. The maximum atomic E-state index is 12.5. The zero-order valence-corrected chi connectivity index (χ0v) is 15.0. The van der Waals surface area contributed by atoms with Crippen molar-refractivity contribution in [3.63, 3.8) is 0 Å². The number of benzene rings is 2. The first-order chi connectivity index (χ1) is 9.82. The average molecular weight is 409 g/mol. The van der Waals surface area contributed by atoms with Crippen LogP contribution in [0.1, 0.15) is 5.56 Å². The molecule has 0 bridgehead atoms. The molecule has 0 spiro atoms. The second kappa shape index (κ2) is 6.67. The Hall–Kier alpha value is -0.590. The van der Waals surface area contributed by atoms with Gasteiger partial charge in [-0.1, -0.05) is 41.4 Å². The minimum Gasteiger partial charge on any atom is -0.207 e. The van der Waals surface area contributed by atoms with Crippen LogP contribution >= 0.6 is 39.1 Å². The summed E-state index contributed by atoms with van der Waals surface area (Å²) in [5.74, 6) is 0. The molecule has 0 aliphatic rings. The summed E-state index contributed by atoms with van der Waals surface area (Å²) >= 11 is 15.1. The van der Waals surface area contributed by atoms with Gasteiger partial charge in [-0.2, -0.15) is 4.31 Å². The Morgan fingerprint density at radius 1 is 1.10 bits per heavy atom. The van der Waals surface area contributed by atoms with Crippen molar-refractivity contribution in [2.24, 2.45) is 0 Å². The van der Waals surface area contributed by atoms with Gasteiger partial charge in [0.1, 0.15) is 0 Å². The van der Waals surface area contributed by atoms with Crippen LogP contribution in [0.2, 0.25) is 10.0 Å². The van der Waals surface area contributed by atoms with E-state index in [1.165, 1.54) is 11.4 Å². The zero-order chi connectivity index (χ0) is 15.6. The second-order valence-corrected chi connectivity index (χ2v) is 8.12. The Morgan fingerprint density at radius 2 is 1.76 bits per heavy atom. The molecule has 0 aliphatic carbocycles. The van der Waals surface area contributed by atoms with Crippen molar-refractivity contribution in [1.29, 1.82) is 0 Å². The quantitative estimate of drug-likeness (QED) is 0.742. The Balaban J connectivity index is 2.29. The molecule has 0 atom stereocenters. The molecule has 0 saturated carbocycles. The van der Waals surface area contributed by atoms with E-state index in [0.717, 1.165) is 5.56 Å². The molecule has 0 N–H and O–H groups in total. The molecular formula is C14H12BrCl2NO2S. The van der Waals surface area contributed by atoms with Gasteiger partial charge in [0.2, 0.25) is 10.0 Å². The summed E-state index contributed by atoms with van der Waals surface area (Å²) in [5.41, 5.74) is 0.766. The zero-order valence-electron chi connectivity index (χ0n) is 11.1. The Labute approximate surface area is 142 Å². The molecule has 0 aliphatic heterocycles. The van der Waals surface area contributed by atoms with Crippen LogP contribution in [0.5, 0.6) is 0 Å². The van der Waals surface area contributed by atoms with E-state index in [1.807, 2.05) is 0 Å². The molecule has 3 nitrogen and oxygen atoms in total. The number of hydrogen-bond donors (Lipinski definition) is 0. The molecule has 2 aromatic carbocycles. The molecular weight excluding hydrogens is 397 g/mol. The van der Waals surface area contributed by atoms with Crippen molar-refractivity contribution in [3.8, 4) is 0 Å². The topological polar surface area (TPSA) is 37.4 Å². The van der Waals surface area contributed by atoms with Crippen molar-refractivity contribution in [3.05, 3.63) is 62.5 Å². The van der Waals surface area contributed by atoms with Crippen LogP contribution < -0.4 is 0 Å². The van der Waals surface area contributed by atoms with E-state index in [4.69, 9.17) is 23.2 Å². The molecule has 0 saturated heterocycles. The van der Waals surface area contributed by atoms with Crippen molar-refractivity contribution >= 4 is 49.2 Å². The molecule has 0 fully saturated rings. The van der Waals surface area contributed by atoms with Crippen molar-refractivity contribution in [1.82, 2.24) is 4.31 Å². The number of sulfonamides is 1. The Morgan fingerprint density at radius 3 is 2.38 bits per heavy atom. The molecule has 2 aromatic rings. The SMILES string of the molecule is CN(Cc1ccc(Cl)c(Cl)c1)S(=O)(=O)c1ccccc1Br. The van der Waals surface area contributed by atoms with E-state index in [0.29, 0.717) is 14.5 Å². The van der Waals surface area contributed by atoms with Gasteiger partial charge in [-0.15, -0.1) is 0 Å². The van der Waals surface area contributed by atoms with E-state index in [1.54, 1.807) is 42.5 Å². The fraction of sp³-hybridized carbons (Fsp3) is 0.143. The highest BCUT2D eigenvalue weighted by atomic mass is 79.9. The molecule has 0 radical (unpaired) electrons. The van der Waals surface area contributed by atoms with Crippen LogP contribution in [0.3, 0.4) is 0 Å². The van der Waals surface area contributed by atoms with Crippen LogP contribution in [0, 0.1) is 0 Å². The maximum absolute atomic E-state index is 12.5. The first-order valence-electron chi connectivity index (χ1n) is 5.97. The van der Waals surface area contributed by atoms with Crippen LogP contribution in [0.4, 0.5) is 0 Å². The number of rotatable bonds is 4. The van der Waals surface area contributed by atoms with Crippen molar-refractivity contribution in [2.45, 2.75) is 11.4 Å². The molecule has 21 heavy (non-hydrogen) atoms. The molecule has 2 rings (SSSR count). The lowest BCUT2D eigenvalue weighted by Gasteiger charge is -2.18. The highest BCUT2D eigenvalue weighted by Gasteiger charge is 2.23. The predicted octanol–water partition coefficient (Wildman–Crippen LogP) is 4.58. The fourth-order valence-electron chi connectivity index (χ4n) is 1.80. The number of hydrogen-bond acceptors (Lipinski definition) is 2. The minimum absolute atomic E-state index is 0.209. The minimum atomic E-state index is -3.58. The van der Waals surface area contributed by atoms with Crippen molar-refractivity contribution in [2.75, 3.05) is 7.05 Å². The van der Waals surface area contributed by atoms with Crippen molar-refractivity contribution < 1.29 is 8.42 Å². The lowest BCUT2D eigenvalue weighted by atomic mass is 10.2. The number of nitrogens with zero attached hydrogens (tertiary/aromatic N) is 1. The highest BCUT2D eigenvalue weighted by molar-refractivity contribution is 9.10.